The molecule has 0 saturated heterocycles. The Bertz CT molecular complexity index is 231. The van der Waals surface area contributed by atoms with Crippen LogP contribution in [0.3, 0.4) is 0 Å². The van der Waals surface area contributed by atoms with Crippen LogP contribution in [0.4, 0.5) is 0 Å². The molecule has 0 fully saturated rings. The molecule has 0 atom stereocenters. The molecule has 0 spiro atoms. The Kier molecular flexibility index (Phi) is 4.86. The van der Waals surface area contributed by atoms with Crippen molar-refractivity contribution < 1.29 is 4.74 Å². The highest BCUT2D eigenvalue weighted by atomic mass is 16.5. The summed E-state index contributed by atoms with van der Waals surface area (Å²) in [6, 6.07) is 0. The third-order valence-corrected chi connectivity index (χ3v) is 1.72. The molecule has 1 heteroatoms. The van der Waals surface area contributed by atoms with Gasteiger partial charge in [-0.3, -0.25) is 0 Å². The molecule has 66 valence electrons. The Balaban J connectivity index is 4.71. The molecule has 0 bridgehead atoms. The van der Waals surface area contributed by atoms with E-state index in [0.717, 1.165) is 16.9 Å². The maximum absolute atomic E-state index is 5.04. The van der Waals surface area contributed by atoms with Gasteiger partial charge in [-0.25, -0.2) is 0 Å². The summed E-state index contributed by atoms with van der Waals surface area (Å²) >= 11 is 0. The zero-order valence-corrected chi connectivity index (χ0v) is 8.05. The second kappa shape index (κ2) is 5.42. The number of hydrogen-bond acceptors (Lipinski definition) is 1. The van der Waals surface area contributed by atoms with Gasteiger partial charge in [0, 0.05) is 0 Å². The van der Waals surface area contributed by atoms with Crippen molar-refractivity contribution in [2.24, 2.45) is 0 Å². The van der Waals surface area contributed by atoms with Crippen LogP contribution in [0.25, 0.3) is 0 Å². The van der Waals surface area contributed by atoms with Crippen LogP contribution in [-0.2, 0) is 4.74 Å². The van der Waals surface area contributed by atoms with Gasteiger partial charge in [0.25, 0.3) is 0 Å². The molecular weight excluding hydrogens is 148 g/mol. The predicted molar refractivity (Wildman–Crippen MR) is 53.9 cm³/mol. The first-order valence-corrected chi connectivity index (χ1v) is 3.83. The molecule has 12 heavy (non-hydrogen) atoms. The van der Waals surface area contributed by atoms with Gasteiger partial charge in [-0.15, -0.1) is 0 Å². The molecule has 0 aromatic rings. The summed E-state index contributed by atoms with van der Waals surface area (Å²) in [5.41, 5.74) is 2.29. The fourth-order valence-corrected chi connectivity index (χ4v) is 0.689. The Morgan fingerprint density at radius 3 is 2.00 bits per heavy atom. The third-order valence-electron chi connectivity index (χ3n) is 1.72. The van der Waals surface area contributed by atoms with E-state index in [1.807, 2.05) is 26.0 Å². The van der Waals surface area contributed by atoms with Crippen LogP contribution >= 0.6 is 0 Å². The first-order chi connectivity index (χ1) is 5.65. The maximum Gasteiger partial charge on any atom is 0.118 e. The lowest BCUT2D eigenvalue weighted by molar-refractivity contribution is 0.307. The third kappa shape index (κ3) is 3.24. The van der Waals surface area contributed by atoms with Gasteiger partial charge in [0.05, 0.1) is 7.11 Å². The first kappa shape index (κ1) is 10.8. The summed E-state index contributed by atoms with van der Waals surface area (Å²) in [7, 11) is 1.63. The lowest BCUT2D eigenvalue weighted by Gasteiger charge is -2.01. The van der Waals surface area contributed by atoms with Gasteiger partial charge >= 0.3 is 0 Å². The Morgan fingerprint density at radius 1 is 1.08 bits per heavy atom. The smallest absolute Gasteiger partial charge is 0.118 e. The minimum atomic E-state index is 0.772. The number of allylic oxidation sites excluding steroid dienone is 5. The van der Waals surface area contributed by atoms with Crippen LogP contribution < -0.4 is 0 Å². The average molecular weight is 164 g/mol. The normalized spacial score (nSPS) is 13.4. The fourth-order valence-electron chi connectivity index (χ4n) is 0.689. The van der Waals surface area contributed by atoms with E-state index >= 15 is 0 Å². The van der Waals surface area contributed by atoms with Crippen LogP contribution in [0.2, 0.25) is 0 Å². The first-order valence-electron chi connectivity index (χ1n) is 3.83. The molecule has 0 aliphatic carbocycles. The molecule has 0 aromatic heterocycles. The van der Waals surface area contributed by atoms with Crippen molar-refractivity contribution in [3.8, 4) is 0 Å². The molecule has 0 unspecified atom stereocenters. The molecule has 0 N–H and O–H groups in total. The van der Waals surface area contributed by atoms with Crippen LogP contribution in [0, 0.1) is 0 Å². The molecule has 0 amide bonds. The zero-order chi connectivity index (χ0) is 9.56. The molecule has 0 radical (unpaired) electrons. The van der Waals surface area contributed by atoms with E-state index in [9.17, 15) is 0 Å². The molecule has 1 nitrogen and oxygen atoms in total. The summed E-state index contributed by atoms with van der Waals surface area (Å²) in [6.45, 7) is 11.3. The van der Waals surface area contributed by atoms with Crippen molar-refractivity contribution in [3.63, 3.8) is 0 Å². The van der Waals surface area contributed by atoms with Gasteiger partial charge in [0.15, 0.2) is 0 Å². The van der Waals surface area contributed by atoms with Gasteiger partial charge < -0.3 is 4.74 Å². The Labute approximate surface area is 74.7 Å². The quantitative estimate of drug-likeness (QED) is 0.458. The Morgan fingerprint density at radius 2 is 1.67 bits per heavy atom. The van der Waals surface area contributed by atoms with Gasteiger partial charge in [0.1, 0.15) is 5.76 Å². The van der Waals surface area contributed by atoms with E-state index in [4.69, 9.17) is 4.74 Å². The SMILES string of the molecule is C=C/C(C)=C(C)\C=C(/C=C)OC. The van der Waals surface area contributed by atoms with Crippen LogP contribution in [0.1, 0.15) is 13.8 Å². The summed E-state index contributed by atoms with van der Waals surface area (Å²) in [5.74, 6) is 0.772. The second-order valence-corrected chi connectivity index (χ2v) is 2.53. The van der Waals surface area contributed by atoms with E-state index in [2.05, 4.69) is 13.2 Å². The molecular formula is C11H16O. The zero-order valence-electron chi connectivity index (χ0n) is 8.05. The lowest BCUT2D eigenvalue weighted by atomic mass is 10.1. The van der Waals surface area contributed by atoms with Crippen molar-refractivity contribution in [2.45, 2.75) is 13.8 Å². The van der Waals surface area contributed by atoms with E-state index in [-0.39, 0.29) is 0 Å². The average Bonchev–Trinajstić information content (AvgIpc) is 2.12. The topological polar surface area (TPSA) is 9.23 Å². The van der Waals surface area contributed by atoms with Gasteiger partial charge in [-0.2, -0.15) is 0 Å². The van der Waals surface area contributed by atoms with E-state index in [1.54, 1.807) is 13.2 Å². The number of hydrogen-bond donors (Lipinski definition) is 0. The van der Waals surface area contributed by atoms with Crippen molar-refractivity contribution in [3.05, 3.63) is 48.3 Å². The summed E-state index contributed by atoms with van der Waals surface area (Å²) in [5, 5.41) is 0. The van der Waals surface area contributed by atoms with E-state index in [0.29, 0.717) is 0 Å². The van der Waals surface area contributed by atoms with Crippen LogP contribution in [0.15, 0.2) is 48.3 Å². The van der Waals surface area contributed by atoms with Crippen molar-refractivity contribution in [1.82, 2.24) is 0 Å². The standard InChI is InChI=1S/C11H16O/c1-6-9(3)10(4)8-11(7-2)12-5/h6-8H,1-2H2,3-5H3/b10-9-,11-8+. The highest BCUT2D eigenvalue weighted by molar-refractivity contribution is 5.32. The lowest BCUT2D eigenvalue weighted by Crippen LogP contribution is -1.83. The van der Waals surface area contributed by atoms with Gasteiger partial charge in [-0.05, 0) is 37.1 Å². The largest absolute Gasteiger partial charge is 0.497 e. The molecule has 0 rings (SSSR count). The fraction of sp³-hybridized carbons (Fsp3) is 0.273. The van der Waals surface area contributed by atoms with E-state index in [1.165, 1.54) is 0 Å². The van der Waals surface area contributed by atoms with Crippen LogP contribution in [0.5, 0.6) is 0 Å². The van der Waals surface area contributed by atoms with Crippen molar-refractivity contribution in [2.75, 3.05) is 7.11 Å². The summed E-state index contributed by atoms with van der Waals surface area (Å²) in [4.78, 5) is 0. The minimum absolute atomic E-state index is 0.772. The highest BCUT2D eigenvalue weighted by Gasteiger charge is 1.91. The number of methoxy groups -OCH3 is 1. The van der Waals surface area contributed by atoms with Crippen LogP contribution in [-0.4, -0.2) is 7.11 Å². The maximum atomic E-state index is 5.04. The predicted octanol–water partition coefficient (Wildman–Crippen LogP) is 3.23. The molecule has 0 heterocycles. The van der Waals surface area contributed by atoms with Crippen molar-refractivity contribution >= 4 is 0 Å². The summed E-state index contributed by atoms with van der Waals surface area (Å²) < 4.78 is 5.04. The molecule has 0 aliphatic heterocycles. The molecule has 0 saturated carbocycles. The molecule has 0 aliphatic rings. The van der Waals surface area contributed by atoms with Gasteiger partial charge in [0.2, 0.25) is 0 Å². The highest BCUT2D eigenvalue weighted by Crippen LogP contribution is 2.09. The number of rotatable bonds is 4. The van der Waals surface area contributed by atoms with E-state index < -0.39 is 0 Å². The second-order valence-electron chi connectivity index (χ2n) is 2.53. The Hall–Kier alpha value is -1.24. The monoisotopic (exact) mass is 164 g/mol. The minimum Gasteiger partial charge on any atom is -0.497 e. The van der Waals surface area contributed by atoms with Crippen molar-refractivity contribution in [1.29, 1.82) is 0 Å². The molecule has 0 aromatic carbocycles. The number of ether oxygens (including phenoxy) is 1. The summed E-state index contributed by atoms with van der Waals surface area (Å²) in [6.07, 6.45) is 5.44. The van der Waals surface area contributed by atoms with Gasteiger partial charge in [-0.1, -0.05) is 19.2 Å².